The number of carbonyl (C=O) groups excluding carboxylic acids is 4. The Morgan fingerprint density at radius 2 is 0.624 bits per heavy atom. The van der Waals surface area contributed by atoms with Gasteiger partial charge >= 0.3 is 23.9 Å². The molecule has 7 rings (SSSR count). The minimum Gasteiger partial charge on any atom is -0.423 e. The second-order valence-corrected chi connectivity index (χ2v) is 22.5. The molecule has 0 aliphatic heterocycles. The number of hydrogen-bond acceptors (Lipinski definition) is 8. The lowest BCUT2D eigenvalue weighted by atomic mass is 10.00. The summed E-state index contributed by atoms with van der Waals surface area (Å²) in [5.74, 6) is -5.84. The summed E-state index contributed by atoms with van der Waals surface area (Å²) in [6, 6.07) is 42.0. The summed E-state index contributed by atoms with van der Waals surface area (Å²) in [6.07, 6.45) is 34.0. The molecular formula is C75H86F2O8. The van der Waals surface area contributed by atoms with Crippen LogP contribution in [0.1, 0.15) is 226 Å². The summed E-state index contributed by atoms with van der Waals surface area (Å²) in [4.78, 5) is 52.7. The Kier molecular flexibility index (Phi) is 27.1. The van der Waals surface area contributed by atoms with Gasteiger partial charge in [0.15, 0.2) is 0 Å². The Balaban J connectivity index is 0.814. The zero-order chi connectivity index (χ0) is 60.0. The van der Waals surface area contributed by atoms with Gasteiger partial charge in [-0.05, 0) is 127 Å². The highest BCUT2D eigenvalue weighted by atomic mass is 19.1. The molecule has 0 saturated heterocycles. The number of carbonyl (C=O) groups is 4. The molecule has 10 heteroatoms. The first-order valence-corrected chi connectivity index (χ1v) is 31.5. The molecule has 0 spiro atoms. The summed E-state index contributed by atoms with van der Waals surface area (Å²) in [7, 11) is 0. The number of unbranched alkanes of at least 4 members (excludes halogenated alkanes) is 22. The largest absolute Gasteiger partial charge is 0.423 e. The first-order valence-electron chi connectivity index (χ1n) is 31.5. The van der Waals surface area contributed by atoms with E-state index in [9.17, 15) is 19.2 Å². The fraction of sp³-hybridized carbons (Fsp3) is 0.387. The zero-order valence-corrected chi connectivity index (χ0v) is 50.3. The van der Waals surface area contributed by atoms with E-state index in [1.165, 1.54) is 202 Å². The summed E-state index contributed by atoms with van der Waals surface area (Å²) in [5.41, 5.74) is 6.40. The zero-order valence-electron chi connectivity index (χ0n) is 50.3. The number of rotatable bonds is 36. The molecule has 0 N–H and O–H groups in total. The standard InChI is InChI=1S/C75H86F2O8/c1-4-6-8-10-12-14-16-18-20-22-24-26-29-56-33-37-58(38-34-56)60-41-45-62(46-42-60)72(78)82-64-49-51-66(68(76)53-64)74(80)84-70-31-28-32-71(55(70)3)85-75(81)67-52-50-65(54-69(67)77)83-73(79)63-47-43-61(44-48-63)59-39-35-57(36-40-59)30-27-25-23-21-19-17-15-13-11-9-7-5-2/h28,31-54H,4-27,29-30H2,1-3H3. The van der Waals surface area contributed by atoms with Crippen LogP contribution >= 0.6 is 0 Å². The maximum Gasteiger partial charge on any atom is 0.346 e. The molecule has 0 unspecified atom stereocenters. The van der Waals surface area contributed by atoms with Crippen LogP contribution < -0.4 is 18.9 Å². The Morgan fingerprint density at radius 3 is 0.929 bits per heavy atom. The van der Waals surface area contributed by atoms with Crippen molar-refractivity contribution in [3.63, 3.8) is 0 Å². The minimum absolute atomic E-state index is 0.0479. The van der Waals surface area contributed by atoms with Crippen molar-refractivity contribution in [3.8, 4) is 45.3 Å². The molecule has 0 aliphatic carbocycles. The molecule has 0 atom stereocenters. The number of halogens is 2. The fourth-order valence-electron chi connectivity index (χ4n) is 10.6. The maximum absolute atomic E-state index is 15.4. The summed E-state index contributed by atoms with van der Waals surface area (Å²) in [6.45, 7) is 6.03. The van der Waals surface area contributed by atoms with E-state index in [1.54, 1.807) is 24.3 Å². The average molecular weight is 1150 g/mol. The minimum atomic E-state index is -1.06. The third-order valence-corrected chi connectivity index (χ3v) is 15.8. The molecule has 0 radical (unpaired) electrons. The van der Waals surface area contributed by atoms with Crippen LogP contribution in [-0.2, 0) is 12.8 Å². The lowest BCUT2D eigenvalue weighted by Gasteiger charge is -2.13. The number of ether oxygens (including phenoxy) is 4. The van der Waals surface area contributed by atoms with Gasteiger partial charge in [-0.2, -0.15) is 0 Å². The van der Waals surface area contributed by atoms with Gasteiger partial charge in [-0.1, -0.05) is 234 Å². The predicted molar refractivity (Wildman–Crippen MR) is 337 cm³/mol. The second kappa shape index (κ2) is 35.5. The molecule has 448 valence electrons. The Labute approximate surface area is 503 Å². The fourth-order valence-corrected chi connectivity index (χ4v) is 10.6. The average Bonchev–Trinajstić information content (AvgIpc) is 3.72. The van der Waals surface area contributed by atoms with E-state index in [-0.39, 0.29) is 39.7 Å². The molecular weight excluding hydrogens is 1070 g/mol. The van der Waals surface area contributed by atoms with Crippen LogP contribution in [0.3, 0.4) is 0 Å². The summed E-state index contributed by atoms with van der Waals surface area (Å²) >= 11 is 0. The van der Waals surface area contributed by atoms with Gasteiger partial charge in [0.2, 0.25) is 0 Å². The molecule has 0 aromatic heterocycles. The summed E-state index contributed by atoms with van der Waals surface area (Å²) in [5, 5.41) is 0. The SMILES string of the molecule is CCCCCCCCCCCCCCc1ccc(-c2ccc(C(=O)Oc3ccc(C(=O)Oc4cccc(OC(=O)c5ccc(OC(=O)c6ccc(-c7ccc(CCCCCCCCCCCCCC)cc7)cc6)cc5F)c4C)c(F)c3)cc2)cc1. The van der Waals surface area contributed by atoms with Gasteiger partial charge in [-0.25, -0.2) is 28.0 Å². The molecule has 0 heterocycles. The van der Waals surface area contributed by atoms with E-state index < -0.39 is 46.6 Å². The first-order chi connectivity index (χ1) is 41.5. The van der Waals surface area contributed by atoms with E-state index in [1.807, 2.05) is 24.3 Å². The third kappa shape index (κ3) is 21.4. The van der Waals surface area contributed by atoms with Gasteiger partial charge in [-0.3, -0.25) is 0 Å². The van der Waals surface area contributed by atoms with Crippen molar-refractivity contribution < 1.29 is 46.9 Å². The van der Waals surface area contributed by atoms with E-state index >= 15 is 8.78 Å². The monoisotopic (exact) mass is 1150 g/mol. The molecule has 8 nitrogen and oxygen atoms in total. The lowest BCUT2D eigenvalue weighted by Crippen LogP contribution is -2.14. The van der Waals surface area contributed by atoms with E-state index in [4.69, 9.17) is 18.9 Å². The van der Waals surface area contributed by atoms with Gasteiger partial charge in [-0.15, -0.1) is 0 Å². The van der Waals surface area contributed by atoms with E-state index in [0.717, 1.165) is 59.4 Å². The van der Waals surface area contributed by atoms with Crippen molar-refractivity contribution in [1.82, 2.24) is 0 Å². The third-order valence-electron chi connectivity index (χ3n) is 15.8. The Morgan fingerprint density at radius 1 is 0.329 bits per heavy atom. The second-order valence-electron chi connectivity index (χ2n) is 22.5. The van der Waals surface area contributed by atoms with E-state index in [2.05, 4.69) is 62.4 Å². The highest BCUT2D eigenvalue weighted by Crippen LogP contribution is 2.31. The number of hydrogen-bond donors (Lipinski definition) is 0. The number of benzene rings is 7. The van der Waals surface area contributed by atoms with Crippen LogP contribution in [0.5, 0.6) is 23.0 Å². The smallest absolute Gasteiger partial charge is 0.346 e. The van der Waals surface area contributed by atoms with Crippen molar-refractivity contribution in [2.75, 3.05) is 0 Å². The van der Waals surface area contributed by atoms with Gasteiger partial charge in [0.05, 0.1) is 22.3 Å². The van der Waals surface area contributed by atoms with Gasteiger partial charge in [0, 0.05) is 17.7 Å². The molecule has 7 aromatic carbocycles. The molecule has 85 heavy (non-hydrogen) atoms. The van der Waals surface area contributed by atoms with Gasteiger partial charge < -0.3 is 18.9 Å². The molecule has 0 bridgehead atoms. The van der Waals surface area contributed by atoms with Crippen LogP contribution in [0, 0.1) is 18.6 Å². The molecule has 7 aromatic rings. The van der Waals surface area contributed by atoms with Crippen LogP contribution in [0.25, 0.3) is 22.3 Å². The molecule has 0 fully saturated rings. The van der Waals surface area contributed by atoms with Crippen LogP contribution in [0.15, 0.2) is 152 Å². The molecule has 0 saturated carbocycles. The Hall–Kier alpha value is -7.72. The molecule has 0 aliphatic rings. The highest BCUT2D eigenvalue weighted by molar-refractivity contribution is 5.95. The van der Waals surface area contributed by atoms with Crippen LogP contribution in [-0.4, -0.2) is 23.9 Å². The van der Waals surface area contributed by atoms with Crippen molar-refractivity contribution in [1.29, 1.82) is 0 Å². The summed E-state index contributed by atoms with van der Waals surface area (Å²) < 4.78 is 52.8. The van der Waals surface area contributed by atoms with Crippen LogP contribution in [0.2, 0.25) is 0 Å². The van der Waals surface area contributed by atoms with Crippen molar-refractivity contribution >= 4 is 23.9 Å². The van der Waals surface area contributed by atoms with Crippen molar-refractivity contribution in [3.05, 3.63) is 202 Å². The molecule has 0 amide bonds. The van der Waals surface area contributed by atoms with Crippen molar-refractivity contribution in [2.45, 2.75) is 188 Å². The lowest BCUT2D eigenvalue weighted by molar-refractivity contribution is 0.0719. The maximum atomic E-state index is 15.4. The van der Waals surface area contributed by atoms with E-state index in [0.29, 0.717) is 0 Å². The first kappa shape index (κ1) is 64.8. The predicted octanol–water partition coefficient (Wildman–Crippen LogP) is 21.0. The van der Waals surface area contributed by atoms with Gasteiger partial charge in [0.25, 0.3) is 0 Å². The van der Waals surface area contributed by atoms with Crippen molar-refractivity contribution in [2.24, 2.45) is 0 Å². The topological polar surface area (TPSA) is 105 Å². The highest BCUT2D eigenvalue weighted by Gasteiger charge is 2.22. The Bertz CT molecular complexity index is 2970. The number of esters is 4. The van der Waals surface area contributed by atoms with Crippen LogP contribution in [0.4, 0.5) is 8.78 Å². The number of aryl methyl sites for hydroxylation is 2. The quantitative estimate of drug-likeness (QED) is 0.0217. The normalized spacial score (nSPS) is 11.1. The van der Waals surface area contributed by atoms with Gasteiger partial charge in [0.1, 0.15) is 34.6 Å².